The quantitative estimate of drug-likeness (QED) is 0.822. The Morgan fingerprint density at radius 1 is 1.37 bits per heavy atom. The predicted molar refractivity (Wildman–Crippen MR) is 79.9 cm³/mol. The number of thiazole rings is 1. The van der Waals surface area contributed by atoms with Gasteiger partial charge in [0.25, 0.3) is 10.0 Å². The molecule has 0 spiro atoms. The Morgan fingerprint density at radius 3 is 2.58 bits per heavy atom. The summed E-state index contributed by atoms with van der Waals surface area (Å²) < 4.78 is 26.5. The summed E-state index contributed by atoms with van der Waals surface area (Å²) in [7, 11) is -3.59. The van der Waals surface area contributed by atoms with Crippen molar-refractivity contribution in [3.05, 3.63) is 41.4 Å². The lowest BCUT2D eigenvalue weighted by Crippen LogP contribution is -2.13. The minimum atomic E-state index is -3.59. The number of nitrogens with one attached hydrogen (secondary N) is 1. The van der Waals surface area contributed by atoms with Crippen LogP contribution in [0, 0.1) is 0 Å². The topological polar surface area (TPSA) is 85.1 Å². The first-order chi connectivity index (χ1) is 8.97. The van der Waals surface area contributed by atoms with Gasteiger partial charge >= 0.3 is 0 Å². The molecule has 0 fully saturated rings. The molecule has 0 aliphatic heterocycles. The van der Waals surface area contributed by atoms with Crippen molar-refractivity contribution in [2.75, 3.05) is 4.72 Å². The summed E-state index contributed by atoms with van der Waals surface area (Å²) in [6.45, 7) is 0. The summed E-state index contributed by atoms with van der Waals surface area (Å²) in [6.07, 6.45) is 1.99. The van der Waals surface area contributed by atoms with Crippen LogP contribution in [0.2, 0.25) is 0 Å². The van der Waals surface area contributed by atoms with Gasteiger partial charge in [-0.25, -0.2) is 13.4 Å². The molecule has 0 aliphatic rings. The van der Waals surface area contributed by atoms with Crippen LogP contribution in [0.4, 0.5) is 5.13 Å². The summed E-state index contributed by atoms with van der Waals surface area (Å²) in [6, 6.07) is 6.41. The van der Waals surface area contributed by atoms with Crippen molar-refractivity contribution in [1.82, 2.24) is 4.98 Å². The van der Waals surface area contributed by atoms with Crippen LogP contribution in [0.1, 0.15) is 5.56 Å². The molecule has 2 aromatic rings. The maximum absolute atomic E-state index is 12.0. The van der Waals surface area contributed by atoms with E-state index < -0.39 is 10.0 Å². The number of hydrogen-bond acceptors (Lipinski definition) is 5. The molecule has 0 aliphatic carbocycles. The number of thiocarbonyl (C=S) groups is 1. The van der Waals surface area contributed by atoms with Crippen molar-refractivity contribution in [3.63, 3.8) is 0 Å². The second-order valence-corrected chi connectivity index (χ2v) is 6.83. The number of nitrogens with zero attached hydrogens (tertiary/aromatic N) is 1. The SMILES string of the molecule is NC(=S)Cc1ccc(S(=O)(=O)Nc2nccs2)cc1. The van der Waals surface area contributed by atoms with E-state index in [1.165, 1.54) is 29.7 Å². The van der Waals surface area contributed by atoms with Gasteiger partial charge in [-0.1, -0.05) is 24.4 Å². The van der Waals surface area contributed by atoms with Gasteiger partial charge < -0.3 is 5.73 Å². The molecular formula is C11H11N3O2S3. The van der Waals surface area contributed by atoms with E-state index in [-0.39, 0.29) is 4.90 Å². The fourth-order valence-corrected chi connectivity index (χ4v) is 3.39. The number of aromatic nitrogens is 1. The van der Waals surface area contributed by atoms with Crippen molar-refractivity contribution in [1.29, 1.82) is 0 Å². The minimum Gasteiger partial charge on any atom is -0.393 e. The van der Waals surface area contributed by atoms with Crippen molar-refractivity contribution in [2.24, 2.45) is 5.73 Å². The Kier molecular flexibility index (Phi) is 4.13. The molecule has 0 unspecified atom stereocenters. The lowest BCUT2D eigenvalue weighted by Gasteiger charge is -2.06. The van der Waals surface area contributed by atoms with Gasteiger partial charge in [0.15, 0.2) is 5.13 Å². The summed E-state index contributed by atoms with van der Waals surface area (Å²) in [5, 5.41) is 2.04. The Bertz CT molecular complexity index is 664. The third-order valence-electron chi connectivity index (χ3n) is 2.27. The molecule has 5 nitrogen and oxygen atoms in total. The molecule has 0 radical (unpaired) electrons. The zero-order valence-corrected chi connectivity index (χ0v) is 12.2. The van der Waals surface area contributed by atoms with Crippen molar-refractivity contribution < 1.29 is 8.42 Å². The second kappa shape index (κ2) is 5.64. The number of sulfonamides is 1. The normalized spacial score (nSPS) is 11.2. The van der Waals surface area contributed by atoms with Crippen LogP contribution < -0.4 is 10.5 Å². The summed E-state index contributed by atoms with van der Waals surface area (Å²) >= 11 is 6.02. The van der Waals surface area contributed by atoms with E-state index >= 15 is 0 Å². The lowest BCUT2D eigenvalue weighted by atomic mass is 10.1. The van der Waals surface area contributed by atoms with E-state index in [9.17, 15) is 8.42 Å². The first-order valence-electron chi connectivity index (χ1n) is 5.27. The van der Waals surface area contributed by atoms with Crippen LogP contribution in [0.25, 0.3) is 0 Å². The predicted octanol–water partition coefficient (Wildman–Crippen LogP) is 1.77. The molecule has 0 saturated carbocycles. The molecule has 1 aromatic carbocycles. The molecule has 0 saturated heterocycles. The Labute approximate surface area is 120 Å². The zero-order chi connectivity index (χ0) is 13.9. The average molecular weight is 313 g/mol. The van der Waals surface area contributed by atoms with Gasteiger partial charge in [-0.3, -0.25) is 4.72 Å². The monoisotopic (exact) mass is 313 g/mol. The van der Waals surface area contributed by atoms with E-state index in [1.54, 1.807) is 17.5 Å². The number of benzene rings is 1. The van der Waals surface area contributed by atoms with Gasteiger partial charge in [0.1, 0.15) is 0 Å². The van der Waals surface area contributed by atoms with Crippen molar-refractivity contribution >= 4 is 43.7 Å². The third kappa shape index (κ3) is 3.72. The van der Waals surface area contributed by atoms with E-state index in [2.05, 4.69) is 9.71 Å². The molecule has 1 heterocycles. The maximum atomic E-state index is 12.0. The standard InChI is InChI=1S/C11H11N3O2S3/c12-10(17)7-8-1-3-9(4-2-8)19(15,16)14-11-13-5-6-18-11/h1-6H,7H2,(H2,12,17)(H,13,14). The molecule has 3 N–H and O–H groups in total. The molecule has 1 aromatic heterocycles. The molecule has 8 heteroatoms. The molecule has 2 rings (SSSR count). The molecule has 0 amide bonds. The Hall–Kier alpha value is -1.51. The van der Waals surface area contributed by atoms with Crippen molar-refractivity contribution in [3.8, 4) is 0 Å². The fourth-order valence-electron chi connectivity index (χ4n) is 1.44. The van der Waals surface area contributed by atoms with Crippen LogP contribution in [0.3, 0.4) is 0 Å². The van der Waals surface area contributed by atoms with Crippen molar-refractivity contribution in [2.45, 2.75) is 11.3 Å². The Balaban J connectivity index is 2.19. The van der Waals surface area contributed by atoms with Gasteiger partial charge in [0.2, 0.25) is 0 Å². The first-order valence-corrected chi connectivity index (χ1v) is 8.04. The molecule has 100 valence electrons. The van der Waals surface area contributed by atoms with Gasteiger partial charge in [-0.2, -0.15) is 0 Å². The van der Waals surface area contributed by atoms with Crippen LogP contribution in [-0.4, -0.2) is 18.4 Å². The molecule has 19 heavy (non-hydrogen) atoms. The van der Waals surface area contributed by atoms with Crippen LogP contribution in [-0.2, 0) is 16.4 Å². The highest BCUT2D eigenvalue weighted by Crippen LogP contribution is 2.18. The fraction of sp³-hybridized carbons (Fsp3) is 0.0909. The van der Waals surface area contributed by atoms with E-state index in [1.807, 2.05) is 0 Å². The largest absolute Gasteiger partial charge is 0.393 e. The van der Waals surface area contributed by atoms with Gasteiger partial charge in [0, 0.05) is 18.0 Å². The summed E-state index contributed by atoms with van der Waals surface area (Å²) in [4.78, 5) is 4.43. The lowest BCUT2D eigenvalue weighted by molar-refractivity contribution is 0.601. The van der Waals surface area contributed by atoms with Crippen LogP contribution >= 0.6 is 23.6 Å². The molecule has 0 bridgehead atoms. The maximum Gasteiger partial charge on any atom is 0.263 e. The molecule has 0 atom stereocenters. The highest BCUT2D eigenvalue weighted by Gasteiger charge is 2.15. The van der Waals surface area contributed by atoms with Crippen LogP contribution in [0.5, 0.6) is 0 Å². The van der Waals surface area contributed by atoms with Gasteiger partial charge in [0.05, 0.1) is 9.88 Å². The van der Waals surface area contributed by atoms with E-state index in [0.717, 1.165) is 5.56 Å². The minimum absolute atomic E-state index is 0.175. The summed E-state index contributed by atoms with van der Waals surface area (Å²) in [5.41, 5.74) is 6.31. The second-order valence-electron chi connectivity index (χ2n) is 3.73. The molecular weight excluding hydrogens is 302 g/mol. The Morgan fingerprint density at radius 2 is 2.05 bits per heavy atom. The van der Waals surface area contributed by atoms with Crippen LogP contribution in [0.15, 0.2) is 40.7 Å². The van der Waals surface area contributed by atoms with E-state index in [4.69, 9.17) is 18.0 Å². The first kappa shape index (κ1) is 13.9. The number of anilines is 1. The van der Waals surface area contributed by atoms with Gasteiger partial charge in [-0.05, 0) is 17.7 Å². The zero-order valence-electron chi connectivity index (χ0n) is 9.74. The smallest absolute Gasteiger partial charge is 0.263 e. The highest BCUT2D eigenvalue weighted by atomic mass is 32.2. The van der Waals surface area contributed by atoms with E-state index in [0.29, 0.717) is 16.5 Å². The third-order valence-corrected chi connectivity index (χ3v) is 4.58. The number of rotatable bonds is 5. The van der Waals surface area contributed by atoms with Gasteiger partial charge in [-0.15, -0.1) is 11.3 Å². The number of nitrogens with two attached hydrogens (primary N) is 1. The number of hydrogen-bond donors (Lipinski definition) is 2. The average Bonchev–Trinajstić information content (AvgIpc) is 2.81. The highest BCUT2D eigenvalue weighted by molar-refractivity contribution is 7.93. The summed E-state index contributed by atoms with van der Waals surface area (Å²) in [5.74, 6) is 0.